The number of nitrogens with zero attached hydrogens (tertiary/aromatic N) is 2. The Bertz CT molecular complexity index is 263. The Labute approximate surface area is 78.3 Å². The van der Waals surface area contributed by atoms with E-state index in [1.807, 2.05) is 19.0 Å². The number of hydrogen-bond acceptors (Lipinski definition) is 4. The number of hydrogen-bond donors (Lipinski definition) is 1. The Morgan fingerprint density at radius 2 is 2.31 bits per heavy atom. The zero-order valence-corrected chi connectivity index (χ0v) is 8.03. The molecule has 4 heteroatoms. The summed E-state index contributed by atoms with van der Waals surface area (Å²) in [6.45, 7) is 1.50. The van der Waals surface area contributed by atoms with Crippen LogP contribution in [0.5, 0.6) is 5.88 Å². The summed E-state index contributed by atoms with van der Waals surface area (Å²) in [7, 11) is 3.99. The van der Waals surface area contributed by atoms with Gasteiger partial charge in [-0.1, -0.05) is 0 Å². The molecule has 0 saturated heterocycles. The number of pyridine rings is 1. The van der Waals surface area contributed by atoms with Crippen molar-refractivity contribution in [1.82, 2.24) is 9.88 Å². The molecule has 2 N–H and O–H groups in total. The average molecular weight is 181 g/mol. The molecule has 0 aliphatic heterocycles. The van der Waals surface area contributed by atoms with Crippen LogP contribution in [0.25, 0.3) is 0 Å². The summed E-state index contributed by atoms with van der Waals surface area (Å²) in [5, 5.41) is 0. The zero-order valence-electron chi connectivity index (χ0n) is 8.03. The summed E-state index contributed by atoms with van der Waals surface area (Å²) in [6, 6.07) is 3.45. The lowest BCUT2D eigenvalue weighted by Crippen LogP contribution is -2.19. The van der Waals surface area contributed by atoms with Gasteiger partial charge in [-0.3, -0.25) is 0 Å². The van der Waals surface area contributed by atoms with Gasteiger partial charge in [-0.15, -0.1) is 0 Å². The molecule has 0 unspecified atom stereocenters. The molecule has 0 radical (unpaired) electrons. The number of nitrogen functional groups attached to an aromatic ring is 1. The maximum absolute atomic E-state index is 5.56. The highest BCUT2D eigenvalue weighted by Crippen LogP contribution is 2.09. The molecule has 0 aliphatic carbocycles. The summed E-state index contributed by atoms with van der Waals surface area (Å²) >= 11 is 0. The van der Waals surface area contributed by atoms with Gasteiger partial charge in [-0.05, 0) is 20.2 Å². The number of aromatic nitrogens is 1. The summed E-state index contributed by atoms with van der Waals surface area (Å²) in [4.78, 5) is 6.06. The molecule has 1 heterocycles. The smallest absolute Gasteiger partial charge is 0.215 e. The van der Waals surface area contributed by atoms with E-state index >= 15 is 0 Å². The summed E-state index contributed by atoms with van der Waals surface area (Å²) in [5.41, 5.74) is 6.24. The van der Waals surface area contributed by atoms with Crippen LogP contribution < -0.4 is 10.5 Å². The highest BCUT2D eigenvalue weighted by molar-refractivity contribution is 5.39. The summed E-state index contributed by atoms with van der Waals surface area (Å²) in [6.07, 6.45) is 1.64. The molecule has 72 valence electrons. The quantitative estimate of drug-likeness (QED) is 0.739. The lowest BCUT2D eigenvalue weighted by Gasteiger charge is -2.10. The SMILES string of the molecule is CN(C)CCOc1cc(N)ccn1. The van der Waals surface area contributed by atoms with Crippen LogP contribution in [0.15, 0.2) is 18.3 Å². The van der Waals surface area contributed by atoms with Gasteiger partial charge in [-0.2, -0.15) is 0 Å². The number of ether oxygens (including phenoxy) is 1. The number of anilines is 1. The molecule has 0 amide bonds. The first-order valence-electron chi connectivity index (χ1n) is 4.17. The molecule has 0 fully saturated rings. The molecular weight excluding hydrogens is 166 g/mol. The second-order valence-corrected chi connectivity index (χ2v) is 3.08. The Morgan fingerprint density at radius 1 is 1.54 bits per heavy atom. The van der Waals surface area contributed by atoms with Crippen molar-refractivity contribution in [3.8, 4) is 5.88 Å². The first kappa shape index (κ1) is 9.80. The molecule has 0 atom stereocenters. The Morgan fingerprint density at radius 3 is 2.92 bits per heavy atom. The topological polar surface area (TPSA) is 51.4 Å². The van der Waals surface area contributed by atoms with Gasteiger partial charge in [0.1, 0.15) is 6.61 Å². The van der Waals surface area contributed by atoms with Crippen molar-refractivity contribution in [3.63, 3.8) is 0 Å². The number of nitrogens with two attached hydrogens (primary N) is 1. The molecular formula is C9H15N3O. The van der Waals surface area contributed by atoms with Gasteiger partial charge in [0.05, 0.1) is 0 Å². The van der Waals surface area contributed by atoms with Gasteiger partial charge in [0.15, 0.2) is 0 Å². The molecule has 0 bridgehead atoms. The van der Waals surface area contributed by atoms with E-state index < -0.39 is 0 Å². The van der Waals surface area contributed by atoms with Gasteiger partial charge >= 0.3 is 0 Å². The minimum Gasteiger partial charge on any atom is -0.476 e. The van der Waals surface area contributed by atoms with E-state index in [4.69, 9.17) is 10.5 Å². The van der Waals surface area contributed by atoms with Crippen molar-refractivity contribution in [1.29, 1.82) is 0 Å². The molecule has 13 heavy (non-hydrogen) atoms. The molecule has 1 aromatic rings. The van der Waals surface area contributed by atoms with Gasteiger partial charge < -0.3 is 15.4 Å². The predicted octanol–water partition coefficient (Wildman–Crippen LogP) is 0.604. The molecule has 0 aromatic carbocycles. The highest BCUT2D eigenvalue weighted by Gasteiger charge is 1.95. The zero-order chi connectivity index (χ0) is 9.68. The second kappa shape index (κ2) is 4.67. The van der Waals surface area contributed by atoms with Gasteiger partial charge in [-0.25, -0.2) is 4.98 Å². The van der Waals surface area contributed by atoms with E-state index in [-0.39, 0.29) is 0 Å². The maximum Gasteiger partial charge on any atom is 0.215 e. The number of likely N-dealkylation sites (N-methyl/N-ethyl adjacent to an activating group) is 1. The van der Waals surface area contributed by atoms with Crippen molar-refractivity contribution >= 4 is 5.69 Å². The van der Waals surface area contributed by atoms with Crippen molar-refractivity contribution in [2.75, 3.05) is 33.0 Å². The molecule has 4 nitrogen and oxygen atoms in total. The van der Waals surface area contributed by atoms with Crippen molar-refractivity contribution < 1.29 is 4.74 Å². The second-order valence-electron chi connectivity index (χ2n) is 3.08. The van der Waals surface area contributed by atoms with Crippen LogP contribution in [0.1, 0.15) is 0 Å². The van der Waals surface area contributed by atoms with Crippen LogP contribution in [0.3, 0.4) is 0 Å². The normalized spacial score (nSPS) is 10.4. The first-order chi connectivity index (χ1) is 6.18. The summed E-state index contributed by atoms with van der Waals surface area (Å²) in [5.74, 6) is 0.585. The molecule has 1 aromatic heterocycles. The fraction of sp³-hybridized carbons (Fsp3) is 0.444. The van der Waals surface area contributed by atoms with Crippen LogP contribution in [0.4, 0.5) is 5.69 Å². The maximum atomic E-state index is 5.56. The first-order valence-corrected chi connectivity index (χ1v) is 4.17. The predicted molar refractivity (Wildman–Crippen MR) is 52.7 cm³/mol. The Hall–Kier alpha value is -1.29. The van der Waals surface area contributed by atoms with Crippen molar-refractivity contribution in [3.05, 3.63) is 18.3 Å². The van der Waals surface area contributed by atoms with E-state index in [0.717, 1.165) is 6.54 Å². The van der Waals surface area contributed by atoms with Crippen LogP contribution >= 0.6 is 0 Å². The third kappa shape index (κ3) is 3.75. The molecule has 0 aliphatic rings. The van der Waals surface area contributed by atoms with Crippen LogP contribution in [-0.4, -0.2) is 37.1 Å². The minimum atomic E-state index is 0.585. The molecule has 0 saturated carbocycles. The monoisotopic (exact) mass is 181 g/mol. The average Bonchev–Trinajstić information content (AvgIpc) is 2.03. The standard InChI is InChI=1S/C9H15N3O/c1-12(2)5-6-13-9-7-8(10)3-4-11-9/h3-4,7H,5-6H2,1-2H3,(H2,10,11). The van der Waals surface area contributed by atoms with Gasteiger partial charge in [0.25, 0.3) is 0 Å². The van der Waals surface area contributed by atoms with E-state index in [1.165, 1.54) is 0 Å². The van der Waals surface area contributed by atoms with E-state index in [0.29, 0.717) is 18.2 Å². The van der Waals surface area contributed by atoms with E-state index in [9.17, 15) is 0 Å². The van der Waals surface area contributed by atoms with Gasteiger partial charge in [0, 0.05) is 24.5 Å². The van der Waals surface area contributed by atoms with Gasteiger partial charge in [0.2, 0.25) is 5.88 Å². The van der Waals surface area contributed by atoms with E-state index in [1.54, 1.807) is 18.3 Å². The largest absolute Gasteiger partial charge is 0.476 e. The van der Waals surface area contributed by atoms with Crippen LogP contribution in [0, 0.1) is 0 Å². The lowest BCUT2D eigenvalue weighted by atomic mass is 10.4. The van der Waals surface area contributed by atoms with E-state index in [2.05, 4.69) is 4.98 Å². The molecule has 0 spiro atoms. The number of rotatable bonds is 4. The fourth-order valence-electron chi connectivity index (χ4n) is 0.836. The lowest BCUT2D eigenvalue weighted by molar-refractivity contribution is 0.254. The highest BCUT2D eigenvalue weighted by atomic mass is 16.5. The Balaban J connectivity index is 2.37. The third-order valence-corrected chi connectivity index (χ3v) is 1.55. The summed E-state index contributed by atoms with van der Waals surface area (Å²) < 4.78 is 5.36. The van der Waals surface area contributed by atoms with Crippen molar-refractivity contribution in [2.45, 2.75) is 0 Å². The third-order valence-electron chi connectivity index (χ3n) is 1.55. The minimum absolute atomic E-state index is 0.585. The van der Waals surface area contributed by atoms with Crippen molar-refractivity contribution in [2.24, 2.45) is 0 Å². The molecule has 1 rings (SSSR count). The van der Waals surface area contributed by atoms with Crippen LogP contribution in [-0.2, 0) is 0 Å². The van der Waals surface area contributed by atoms with Crippen LogP contribution in [0.2, 0.25) is 0 Å². The fourth-order valence-corrected chi connectivity index (χ4v) is 0.836. The Kier molecular flexibility index (Phi) is 3.52.